The van der Waals surface area contributed by atoms with Gasteiger partial charge in [-0.2, -0.15) is 23.1 Å². The Morgan fingerprint density at radius 1 is 0.938 bits per heavy atom. The number of nitrogens with zero attached hydrogens (tertiary/aromatic N) is 4. The van der Waals surface area contributed by atoms with Gasteiger partial charge >= 0.3 is 6.18 Å². The highest BCUT2D eigenvalue weighted by molar-refractivity contribution is 14.1. The molecule has 6 nitrogen and oxygen atoms in total. The summed E-state index contributed by atoms with van der Waals surface area (Å²) in [5.74, 6) is -0.402. The molecule has 164 valence electrons. The zero-order chi connectivity index (χ0) is 22.7. The Kier molecular flexibility index (Phi) is 6.35. The molecule has 0 aliphatic rings. The maximum absolute atomic E-state index is 13.2. The molecule has 0 saturated carbocycles. The number of rotatable bonds is 6. The van der Waals surface area contributed by atoms with Crippen LogP contribution in [0.5, 0.6) is 0 Å². The van der Waals surface area contributed by atoms with Crippen molar-refractivity contribution in [1.82, 2.24) is 19.9 Å². The Hall–Kier alpha value is -3.09. The van der Waals surface area contributed by atoms with Gasteiger partial charge in [-0.05, 0) is 64.6 Å². The first kappa shape index (κ1) is 22.1. The lowest BCUT2D eigenvalue weighted by molar-refractivity contribution is -0.115. The summed E-state index contributed by atoms with van der Waals surface area (Å²) in [6.07, 6.45) is -3.02. The van der Waals surface area contributed by atoms with Gasteiger partial charge in [-0.1, -0.05) is 12.1 Å². The second kappa shape index (κ2) is 9.18. The molecular formula is C21H15F4IN6. The van der Waals surface area contributed by atoms with E-state index in [0.29, 0.717) is 17.8 Å². The van der Waals surface area contributed by atoms with Crippen LogP contribution in [-0.2, 0) is 6.54 Å². The van der Waals surface area contributed by atoms with E-state index in [0.717, 1.165) is 9.13 Å². The highest BCUT2D eigenvalue weighted by atomic mass is 127. The van der Waals surface area contributed by atoms with Gasteiger partial charge in [-0.3, -0.25) is 0 Å². The van der Waals surface area contributed by atoms with Gasteiger partial charge in [0.1, 0.15) is 12.4 Å². The van der Waals surface area contributed by atoms with Crippen molar-refractivity contribution in [2.45, 2.75) is 12.7 Å². The van der Waals surface area contributed by atoms with E-state index in [1.807, 2.05) is 24.3 Å². The van der Waals surface area contributed by atoms with E-state index in [4.69, 9.17) is 0 Å². The maximum atomic E-state index is 13.2. The Balaban J connectivity index is 1.69. The number of anilines is 2. The van der Waals surface area contributed by atoms with Crippen molar-refractivity contribution in [3.05, 3.63) is 69.7 Å². The number of hydrogen-bond acceptors (Lipinski definition) is 6. The van der Waals surface area contributed by atoms with Crippen molar-refractivity contribution in [2.75, 3.05) is 17.2 Å². The topological polar surface area (TPSA) is 75.6 Å². The molecule has 2 aromatic carbocycles. The zero-order valence-corrected chi connectivity index (χ0v) is 18.4. The van der Waals surface area contributed by atoms with Gasteiger partial charge in [-0.15, -0.1) is 0 Å². The predicted octanol–water partition coefficient (Wildman–Crippen LogP) is 5.42. The molecule has 4 rings (SSSR count). The molecule has 0 fully saturated rings. The van der Waals surface area contributed by atoms with Crippen molar-refractivity contribution >= 4 is 45.5 Å². The van der Waals surface area contributed by atoms with Gasteiger partial charge in [-0.25, -0.2) is 14.4 Å². The minimum Gasteiger partial charge on any atom is -0.359 e. The van der Waals surface area contributed by atoms with Crippen LogP contribution >= 0.6 is 22.6 Å². The molecule has 0 saturated heterocycles. The summed E-state index contributed by atoms with van der Waals surface area (Å²) in [5.41, 5.74) is 2.08. The first-order valence-electron chi connectivity index (χ1n) is 9.36. The zero-order valence-electron chi connectivity index (χ0n) is 16.3. The molecule has 0 bridgehead atoms. The lowest BCUT2D eigenvalue weighted by Crippen LogP contribution is -2.22. The van der Waals surface area contributed by atoms with Crippen LogP contribution in [0.25, 0.3) is 22.4 Å². The molecule has 0 atom stereocenters. The summed E-state index contributed by atoms with van der Waals surface area (Å²) in [7, 11) is 0. The molecule has 2 heterocycles. The summed E-state index contributed by atoms with van der Waals surface area (Å²) in [6.45, 7) is -0.917. The molecule has 0 radical (unpaired) electrons. The first-order valence-corrected chi connectivity index (χ1v) is 10.4. The molecule has 2 aromatic heterocycles. The summed E-state index contributed by atoms with van der Waals surface area (Å²) in [6, 6.07) is 13.3. The van der Waals surface area contributed by atoms with Crippen molar-refractivity contribution < 1.29 is 17.6 Å². The maximum Gasteiger partial charge on any atom is 0.405 e. The minimum absolute atomic E-state index is 0.0795. The van der Waals surface area contributed by atoms with Crippen LogP contribution in [0.2, 0.25) is 0 Å². The summed E-state index contributed by atoms with van der Waals surface area (Å²) < 4.78 is 52.8. The van der Waals surface area contributed by atoms with Crippen LogP contribution in [0.1, 0.15) is 5.56 Å². The fourth-order valence-corrected chi connectivity index (χ4v) is 3.49. The summed E-state index contributed by atoms with van der Waals surface area (Å²) in [4.78, 5) is 17.1. The number of benzene rings is 2. The molecule has 4 aromatic rings. The molecule has 0 aliphatic carbocycles. The van der Waals surface area contributed by atoms with Crippen LogP contribution in [0.15, 0.2) is 54.7 Å². The Bertz CT molecular complexity index is 1250. The number of hydrogen-bond donors (Lipinski definition) is 2. The van der Waals surface area contributed by atoms with E-state index < -0.39 is 18.5 Å². The van der Waals surface area contributed by atoms with Crippen molar-refractivity contribution in [3.63, 3.8) is 0 Å². The van der Waals surface area contributed by atoms with Crippen LogP contribution in [0.4, 0.5) is 29.3 Å². The van der Waals surface area contributed by atoms with Crippen LogP contribution < -0.4 is 10.6 Å². The van der Waals surface area contributed by atoms with E-state index in [1.165, 1.54) is 30.5 Å². The fourth-order valence-electron chi connectivity index (χ4n) is 2.88. The number of alkyl halides is 3. The van der Waals surface area contributed by atoms with Crippen LogP contribution in [0, 0.1) is 9.39 Å². The van der Waals surface area contributed by atoms with E-state index >= 15 is 0 Å². The number of aromatic nitrogens is 4. The minimum atomic E-state index is -4.45. The fraction of sp³-hybridized carbons (Fsp3) is 0.143. The summed E-state index contributed by atoms with van der Waals surface area (Å²) in [5, 5.41) is 5.30. The summed E-state index contributed by atoms with van der Waals surface area (Å²) >= 11 is 2.19. The Morgan fingerprint density at radius 3 is 2.44 bits per heavy atom. The molecule has 11 heteroatoms. The van der Waals surface area contributed by atoms with Gasteiger partial charge in [0.25, 0.3) is 0 Å². The second-order valence-corrected chi connectivity index (χ2v) is 8.03. The van der Waals surface area contributed by atoms with Gasteiger partial charge in [0.15, 0.2) is 17.0 Å². The Labute approximate surface area is 193 Å². The van der Waals surface area contributed by atoms with Crippen molar-refractivity contribution in [2.24, 2.45) is 0 Å². The monoisotopic (exact) mass is 554 g/mol. The van der Waals surface area contributed by atoms with Gasteiger partial charge in [0.2, 0.25) is 5.95 Å². The van der Waals surface area contributed by atoms with E-state index in [1.54, 1.807) is 0 Å². The molecule has 0 spiro atoms. The van der Waals surface area contributed by atoms with E-state index in [9.17, 15) is 17.6 Å². The molecule has 32 heavy (non-hydrogen) atoms. The molecule has 2 N–H and O–H groups in total. The number of nitrogens with one attached hydrogen (secondary N) is 2. The molecule has 0 amide bonds. The number of halogens is 5. The Morgan fingerprint density at radius 2 is 1.72 bits per heavy atom. The lowest BCUT2D eigenvalue weighted by atomic mass is 10.1. The SMILES string of the molecule is Fc1ccc(-c2cnc3nc(NCc4cccc(I)c4)nc(NCC(F)(F)F)c3n2)cc1. The third kappa shape index (κ3) is 5.58. The van der Waals surface area contributed by atoms with Gasteiger partial charge in [0.05, 0.1) is 11.9 Å². The van der Waals surface area contributed by atoms with Crippen molar-refractivity contribution in [1.29, 1.82) is 0 Å². The standard InChI is InChI=1S/C21H15F4IN6/c22-14-6-4-13(5-7-14)16-10-27-18-17(30-16)19(29-11-21(23,24)25)32-20(31-18)28-9-12-2-1-3-15(26)8-12/h1-8,10H,9,11H2,(H2,27,28,29,31,32). The number of fused-ring (bicyclic) bond motifs is 1. The van der Waals surface area contributed by atoms with Crippen molar-refractivity contribution in [3.8, 4) is 11.3 Å². The van der Waals surface area contributed by atoms with Crippen LogP contribution in [0.3, 0.4) is 0 Å². The normalized spacial score (nSPS) is 11.5. The molecular weight excluding hydrogens is 539 g/mol. The van der Waals surface area contributed by atoms with Gasteiger partial charge in [0, 0.05) is 15.7 Å². The lowest BCUT2D eigenvalue weighted by Gasteiger charge is -2.13. The highest BCUT2D eigenvalue weighted by Gasteiger charge is 2.27. The average molecular weight is 554 g/mol. The third-order valence-corrected chi connectivity index (χ3v) is 5.01. The van der Waals surface area contributed by atoms with E-state index in [-0.39, 0.29) is 22.9 Å². The van der Waals surface area contributed by atoms with Crippen LogP contribution in [-0.4, -0.2) is 32.7 Å². The second-order valence-electron chi connectivity index (χ2n) is 6.78. The molecule has 0 unspecified atom stereocenters. The first-order chi connectivity index (χ1) is 15.3. The van der Waals surface area contributed by atoms with Gasteiger partial charge < -0.3 is 10.6 Å². The highest BCUT2D eigenvalue weighted by Crippen LogP contribution is 2.25. The quantitative estimate of drug-likeness (QED) is 0.245. The average Bonchev–Trinajstić information content (AvgIpc) is 2.76. The smallest absolute Gasteiger partial charge is 0.359 e. The largest absolute Gasteiger partial charge is 0.405 e. The third-order valence-electron chi connectivity index (χ3n) is 4.34. The predicted molar refractivity (Wildman–Crippen MR) is 122 cm³/mol. The van der Waals surface area contributed by atoms with E-state index in [2.05, 4.69) is 53.2 Å². The molecule has 0 aliphatic heterocycles.